The first-order valence-electron chi connectivity index (χ1n) is 6.85. The van der Waals surface area contributed by atoms with Gasteiger partial charge in [-0.2, -0.15) is 5.26 Å². The van der Waals surface area contributed by atoms with Crippen LogP contribution in [-0.2, 0) is 0 Å². The lowest BCUT2D eigenvalue weighted by Gasteiger charge is -2.23. The summed E-state index contributed by atoms with van der Waals surface area (Å²) < 4.78 is 1.16. The Labute approximate surface area is 123 Å². The zero-order valence-electron chi connectivity index (χ0n) is 11.6. The minimum absolute atomic E-state index is 0.330. The highest BCUT2D eigenvalue weighted by molar-refractivity contribution is 8.00. The zero-order valence-corrected chi connectivity index (χ0v) is 13.2. The van der Waals surface area contributed by atoms with Crippen molar-refractivity contribution in [2.75, 3.05) is 5.75 Å². The summed E-state index contributed by atoms with van der Waals surface area (Å²) >= 11 is 3.55. The lowest BCUT2D eigenvalue weighted by atomic mass is 9.96. The van der Waals surface area contributed by atoms with Crippen LogP contribution >= 0.6 is 23.1 Å². The van der Waals surface area contributed by atoms with E-state index < -0.39 is 0 Å². The lowest BCUT2D eigenvalue weighted by Crippen LogP contribution is -2.42. The Morgan fingerprint density at radius 3 is 2.95 bits per heavy atom. The number of aryl methyl sites for hydroxylation is 1. The third-order valence-corrected chi connectivity index (χ3v) is 5.47. The van der Waals surface area contributed by atoms with Crippen molar-refractivity contribution >= 4 is 23.1 Å². The molecule has 0 radical (unpaired) electrons. The standard InChI is InChI=1S/C14H21N3S2/c1-11-9-19-13(16-11)18-8-4-3-7-14(2,10-15)17-12-5-6-12/h9,12,17H,3-8H2,1-2H3. The van der Waals surface area contributed by atoms with Gasteiger partial charge in [0.2, 0.25) is 0 Å². The highest BCUT2D eigenvalue weighted by atomic mass is 32.2. The van der Waals surface area contributed by atoms with Crippen LogP contribution < -0.4 is 5.32 Å². The monoisotopic (exact) mass is 295 g/mol. The van der Waals surface area contributed by atoms with Gasteiger partial charge in [-0.25, -0.2) is 4.98 Å². The predicted molar refractivity (Wildman–Crippen MR) is 81.6 cm³/mol. The maximum absolute atomic E-state index is 9.27. The summed E-state index contributed by atoms with van der Waals surface area (Å²) in [5.74, 6) is 1.10. The molecule has 19 heavy (non-hydrogen) atoms. The molecule has 1 aliphatic carbocycles. The van der Waals surface area contributed by atoms with Gasteiger partial charge in [-0.1, -0.05) is 11.8 Å². The van der Waals surface area contributed by atoms with Gasteiger partial charge in [-0.15, -0.1) is 11.3 Å². The maximum Gasteiger partial charge on any atom is 0.150 e. The molecule has 0 amide bonds. The molecule has 1 aliphatic rings. The summed E-state index contributed by atoms with van der Waals surface area (Å²) in [6, 6.07) is 3.03. The van der Waals surface area contributed by atoms with Crippen LogP contribution in [0.3, 0.4) is 0 Å². The normalized spacial score (nSPS) is 17.9. The van der Waals surface area contributed by atoms with Gasteiger partial charge >= 0.3 is 0 Å². The van der Waals surface area contributed by atoms with Gasteiger partial charge < -0.3 is 0 Å². The summed E-state index contributed by atoms with van der Waals surface area (Å²) in [6.07, 6.45) is 5.65. The molecule has 1 aromatic heterocycles. The largest absolute Gasteiger partial charge is 0.297 e. The lowest BCUT2D eigenvalue weighted by molar-refractivity contribution is 0.402. The van der Waals surface area contributed by atoms with Gasteiger partial charge in [0.1, 0.15) is 9.88 Å². The fraction of sp³-hybridized carbons (Fsp3) is 0.714. The first-order chi connectivity index (χ1) is 9.11. The number of hydrogen-bond acceptors (Lipinski definition) is 5. The van der Waals surface area contributed by atoms with Crippen LogP contribution in [0.2, 0.25) is 0 Å². The van der Waals surface area contributed by atoms with E-state index in [0.29, 0.717) is 6.04 Å². The Kier molecular flexibility index (Phi) is 5.26. The summed E-state index contributed by atoms with van der Waals surface area (Å²) in [7, 11) is 0. The van der Waals surface area contributed by atoms with Crippen molar-refractivity contribution in [3.63, 3.8) is 0 Å². The second kappa shape index (κ2) is 6.74. The number of unbranched alkanes of at least 4 members (excludes halogenated alkanes) is 1. The molecule has 1 unspecified atom stereocenters. The van der Waals surface area contributed by atoms with E-state index in [0.717, 1.165) is 35.0 Å². The minimum atomic E-state index is -0.330. The van der Waals surface area contributed by atoms with Gasteiger partial charge in [-0.3, -0.25) is 5.32 Å². The Hall–Kier alpha value is -0.570. The first-order valence-corrected chi connectivity index (χ1v) is 8.72. The molecule has 0 bridgehead atoms. The molecule has 0 aliphatic heterocycles. The van der Waals surface area contributed by atoms with E-state index >= 15 is 0 Å². The number of hydrogen-bond donors (Lipinski definition) is 1. The number of thiazole rings is 1. The van der Waals surface area contributed by atoms with E-state index in [1.807, 2.05) is 25.6 Å². The van der Waals surface area contributed by atoms with Crippen molar-refractivity contribution < 1.29 is 0 Å². The smallest absolute Gasteiger partial charge is 0.150 e. The average molecular weight is 295 g/mol. The van der Waals surface area contributed by atoms with Crippen LogP contribution in [0.15, 0.2) is 9.72 Å². The van der Waals surface area contributed by atoms with Gasteiger partial charge in [0, 0.05) is 22.9 Å². The Bertz CT molecular complexity index is 448. The van der Waals surface area contributed by atoms with Crippen LogP contribution in [-0.4, -0.2) is 22.3 Å². The Balaban J connectivity index is 1.61. The highest BCUT2D eigenvalue weighted by Crippen LogP contribution is 2.26. The summed E-state index contributed by atoms with van der Waals surface area (Å²) in [5.41, 5.74) is 0.780. The van der Waals surface area contributed by atoms with E-state index in [9.17, 15) is 5.26 Å². The molecule has 1 atom stereocenters. The molecule has 1 N–H and O–H groups in total. The number of nitrogens with zero attached hydrogens (tertiary/aromatic N) is 2. The molecule has 1 fully saturated rings. The topological polar surface area (TPSA) is 48.7 Å². The molecule has 1 aromatic rings. The van der Waals surface area contributed by atoms with Crippen LogP contribution in [0.1, 0.15) is 44.7 Å². The Morgan fingerprint density at radius 1 is 1.58 bits per heavy atom. The quantitative estimate of drug-likeness (QED) is 0.586. The molecule has 104 valence electrons. The average Bonchev–Trinajstić information content (AvgIpc) is 3.09. The van der Waals surface area contributed by atoms with Crippen molar-refractivity contribution in [3.05, 3.63) is 11.1 Å². The van der Waals surface area contributed by atoms with Crippen molar-refractivity contribution in [3.8, 4) is 6.07 Å². The van der Waals surface area contributed by atoms with E-state index in [1.54, 1.807) is 11.3 Å². The molecule has 2 rings (SSSR count). The summed E-state index contributed by atoms with van der Waals surface area (Å²) in [6.45, 7) is 4.06. The van der Waals surface area contributed by atoms with Gasteiger partial charge in [0.05, 0.1) is 6.07 Å². The Morgan fingerprint density at radius 2 is 2.37 bits per heavy atom. The fourth-order valence-electron chi connectivity index (χ4n) is 1.98. The van der Waals surface area contributed by atoms with Crippen molar-refractivity contribution in [1.29, 1.82) is 5.26 Å². The second-order valence-electron chi connectivity index (χ2n) is 5.42. The number of nitrogens with one attached hydrogen (secondary N) is 1. The van der Waals surface area contributed by atoms with Crippen molar-refractivity contribution in [2.24, 2.45) is 0 Å². The predicted octanol–water partition coefficient (Wildman–Crippen LogP) is 3.75. The minimum Gasteiger partial charge on any atom is -0.297 e. The van der Waals surface area contributed by atoms with Crippen molar-refractivity contribution in [1.82, 2.24) is 10.3 Å². The molecule has 5 heteroatoms. The SMILES string of the molecule is Cc1csc(SCCCCC(C)(C#N)NC2CC2)n1. The van der Waals surface area contributed by atoms with Crippen LogP contribution in [0.4, 0.5) is 0 Å². The molecule has 0 saturated heterocycles. The number of thioether (sulfide) groups is 1. The number of rotatable bonds is 8. The molecule has 0 aromatic carbocycles. The summed E-state index contributed by atoms with van der Waals surface area (Å²) in [5, 5.41) is 14.8. The van der Waals surface area contributed by atoms with Crippen LogP contribution in [0.25, 0.3) is 0 Å². The van der Waals surface area contributed by atoms with Gasteiger partial charge in [0.25, 0.3) is 0 Å². The maximum atomic E-state index is 9.27. The number of nitriles is 1. The van der Waals surface area contributed by atoms with E-state index in [2.05, 4.69) is 21.8 Å². The molecule has 1 saturated carbocycles. The highest BCUT2D eigenvalue weighted by Gasteiger charge is 2.31. The molecule has 1 heterocycles. The van der Waals surface area contributed by atoms with E-state index in [-0.39, 0.29) is 5.54 Å². The molecule has 3 nitrogen and oxygen atoms in total. The first kappa shape index (κ1) is 14.8. The van der Waals surface area contributed by atoms with Crippen LogP contribution in [0.5, 0.6) is 0 Å². The van der Waals surface area contributed by atoms with Crippen molar-refractivity contribution in [2.45, 2.75) is 61.9 Å². The van der Waals surface area contributed by atoms with E-state index in [1.165, 1.54) is 12.8 Å². The number of aromatic nitrogens is 1. The second-order valence-corrected chi connectivity index (χ2v) is 7.62. The molecule has 0 spiro atoms. The fourth-order valence-corrected chi connectivity index (χ4v) is 3.90. The third-order valence-electron chi connectivity index (χ3n) is 3.24. The zero-order chi connectivity index (χ0) is 13.7. The van der Waals surface area contributed by atoms with Gasteiger partial charge in [0.15, 0.2) is 0 Å². The van der Waals surface area contributed by atoms with E-state index in [4.69, 9.17) is 0 Å². The third kappa shape index (κ3) is 5.13. The van der Waals surface area contributed by atoms with Gasteiger partial charge in [-0.05, 0) is 46.0 Å². The van der Waals surface area contributed by atoms with Crippen LogP contribution in [0, 0.1) is 18.3 Å². The summed E-state index contributed by atoms with van der Waals surface area (Å²) in [4.78, 5) is 4.44. The molecular formula is C14H21N3S2. The molecular weight excluding hydrogens is 274 g/mol.